The van der Waals surface area contributed by atoms with Gasteiger partial charge in [0.05, 0.1) is 24.2 Å². The van der Waals surface area contributed by atoms with Gasteiger partial charge < -0.3 is 19.5 Å². The van der Waals surface area contributed by atoms with Gasteiger partial charge in [-0.25, -0.2) is 4.79 Å². The number of nitrogens with zero attached hydrogens (tertiary/aromatic N) is 1. The van der Waals surface area contributed by atoms with Gasteiger partial charge in [0.2, 0.25) is 5.91 Å². The van der Waals surface area contributed by atoms with Gasteiger partial charge in [-0.15, -0.1) is 11.3 Å². The average molecular weight is 676 g/mol. The van der Waals surface area contributed by atoms with Gasteiger partial charge in [0.15, 0.2) is 11.5 Å². The van der Waals surface area contributed by atoms with Gasteiger partial charge in [0.1, 0.15) is 18.2 Å². The lowest BCUT2D eigenvalue weighted by Crippen LogP contribution is -2.36. The largest absolute Gasteiger partial charge is 0.493 e. The second-order valence-electron chi connectivity index (χ2n) is 9.89. The summed E-state index contributed by atoms with van der Waals surface area (Å²) in [4.78, 5) is 53.7. The normalized spacial score (nSPS) is 15.4. The van der Waals surface area contributed by atoms with Crippen LogP contribution in [0, 0.1) is 0 Å². The van der Waals surface area contributed by atoms with E-state index >= 15 is 0 Å². The lowest BCUT2D eigenvalue weighted by atomic mass is 9.95. The average Bonchev–Trinajstić information content (AvgIpc) is 3.48. The molecule has 3 amide bonds. The Bertz CT molecular complexity index is 1670. The number of carbonyl (C=O) groups is 4. The van der Waals surface area contributed by atoms with Crippen molar-refractivity contribution in [1.82, 2.24) is 4.90 Å². The summed E-state index contributed by atoms with van der Waals surface area (Å²) in [5, 5.41) is 3.57. The molecule has 44 heavy (non-hydrogen) atoms. The molecule has 1 aromatic heterocycles. The second kappa shape index (κ2) is 14.1. The number of hydrogen-bond donors (Lipinski definition) is 1. The van der Waals surface area contributed by atoms with Crippen LogP contribution in [0.2, 0.25) is 10.0 Å². The molecule has 2 aromatic carbocycles. The molecular formula is C31H28Cl2N2O7S2. The van der Waals surface area contributed by atoms with Gasteiger partial charge in [-0.3, -0.25) is 19.3 Å². The highest BCUT2D eigenvalue weighted by molar-refractivity contribution is 8.18. The van der Waals surface area contributed by atoms with Crippen LogP contribution in [0.15, 0.2) is 41.3 Å². The molecule has 1 aliphatic carbocycles. The van der Waals surface area contributed by atoms with Gasteiger partial charge in [-0.05, 0) is 85.8 Å². The van der Waals surface area contributed by atoms with E-state index in [0.717, 1.165) is 58.3 Å². The first kappa shape index (κ1) is 31.9. The number of carbonyl (C=O) groups excluding carboxylic acids is 4. The van der Waals surface area contributed by atoms with E-state index in [1.165, 1.54) is 18.4 Å². The lowest BCUT2D eigenvalue weighted by Gasteiger charge is -2.14. The molecule has 0 bridgehead atoms. The molecule has 0 atom stereocenters. The molecule has 1 saturated heterocycles. The predicted molar refractivity (Wildman–Crippen MR) is 172 cm³/mol. The van der Waals surface area contributed by atoms with Crippen LogP contribution in [0.3, 0.4) is 0 Å². The number of hydrogen-bond acceptors (Lipinski definition) is 9. The molecule has 1 N–H and O–H groups in total. The number of fused-ring (bicyclic) bond motifs is 1. The van der Waals surface area contributed by atoms with E-state index in [2.05, 4.69) is 5.32 Å². The van der Waals surface area contributed by atoms with E-state index in [1.807, 2.05) is 0 Å². The van der Waals surface area contributed by atoms with Gasteiger partial charge in [0, 0.05) is 20.5 Å². The minimum Gasteiger partial charge on any atom is -0.493 e. The number of esters is 1. The van der Waals surface area contributed by atoms with E-state index in [-0.39, 0.29) is 18.1 Å². The van der Waals surface area contributed by atoms with Crippen molar-refractivity contribution in [1.29, 1.82) is 0 Å². The molecule has 0 unspecified atom stereocenters. The minimum absolute atomic E-state index is 0.158. The first-order valence-corrected chi connectivity index (χ1v) is 16.2. The number of nitrogens with one attached hydrogen (secondary N) is 1. The highest BCUT2D eigenvalue weighted by Crippen LogP contribution is 2.39. The Morgan fingerprint density at radius 3 is 2.61 bits per heavy atom. The summed E-state index contributed by atoms with van der Waals surface area (Å²) in [5.74, 6) is -0.794. The van der Waals surface area contributed by atoms with Crippen molar-refractivity contribution in [3.05, 3.63) is 78.5 Å². The van der Waals surface area contributed by atoms with Crippen LogP contribution in [0.5, 0.6) is 11.5 Å². The number of rotatable bonds is 10. The molecule has 2 heterocycles. The third-order valence-corrected chi connectivity index (χ3v) is 9.66. The molecule has 0 saturated carbocycles. The molecule has 3 aromatic rings. The second-order valence-corrected chi connectivity index (χ2v) is 12.8. The van der Waals surface area contributed by atoms with Crippen molar-refractivity contribution >= 4 is 80.4 Å². The Labute approximate surface area is 272 Å². The third kappa shape index (κ3) is 7.07. The number of benzene rings is 2. The number of anilines is 1. The molecule has 230 valence electrons. The fraction of sp³-hybridized carbons (Fsp3) is 0.290. The SMILES string of the molecule is CCOC(=O)c1c(NC(=O)CN2C(=O)SC(=Cc3ccc(OCc4ccc(Cl)cc4Cl)c(OC)c3)C2=O)sc2c1CCCC2. The highest BCUT2D eigenvalue weighted by atomic mass is 35.5. The van der Waals surface area contributed by atoms with Crippen molar-refractivity contribution in [3.8, 4) is 11.5 Å². The number of methoxy groups -OCH3 is 1. The van der Waals surface area contributed by atoms with E-state index in [4.69, 9.17) is 37.4 Å². The van der Waals surface area contributed by atoms with Crippen LogP contribution in [0.25, 0.3) is 6.08 Å². The Morgan fingerprint density at radius 2 is 1.86 bits per heavy atom. The molecule has 0 radical (unpaired) electrons. The van der Waals surface area contributed by atoms with Gasteiger partial charge in [-0.1, -0.05) is 35.3 Å². The Morgan fingerprint density at radius 1 is 1.07 bits per heavy atom. The maximum Gasteiger partial charge on any atom is 0.341 e. The van der Waals surface area contributed by atoms with Crippen molar-refractivity contribution in [2.75, 3.05) is 25.6 Å². The number of thioether (sulfide) groups is 1. The lowest BCUT2D eigenvalue weighted by molar-refractivity contribution is -0.127. The summed E-state index contributed by atoms with van der Waals surface area (Å²) in [6.07, 6.45) is 5.07. The standard InChI is InChI=1S/C31H28Cl2N2O7S2/c1-3-41-30(38)27-20-6-4-5-7-24(20)43-28(27)34-26(36)15-35-29(37)25(44-31(35)39)13-17-8-11-22(23(12-17)40-2)42-16-18-9-10-19(32)14-21(18)33/h8-14H,3-7,15-16H2,1-2H3,(H,34,36). The van der Waals surface area contributed by atoms with Gasteiger partial charge in [-0.2, -0.15) is 0 Å². The molecule has 1 fully saturated rings. The van der Waals surface area contributed by atoms with Gasteiger partial charge >= 0.3 is 5.97 Å². The zero-order chi connectivity index (χ0) is 31.4. The number of halogens is 2. The van der Waals surface area contributed by atoms with Crippen LogP contribution in [0.1, 0.15) is 51.7 Å². The minimum atomic E-state index is -0.595. The molecule has 1 aliphatic heterocycles. The van der Waals surface area contributed by atoms with Crippen molar-refractivity contribution < 1.29 is 33.4 Å². The maximum absolute atomic E-state index is 13.2. The summed E-state index contributed by atoms with van der Waals surface area (Å²) in [7, 11) is 1.49. The fourth-order valence-corrected chi connectivity index (χ4v) is 7.45. The summed E-state index contributed by atoms with van der Waals surface area (Å²) in [6, 6.07) is 10.2. The zero-order valence-electron chi connectivity index (χ0n) is 23.9. The van der Waals surface area contributed by atoms with Crippen LogP contribution >= 0.6 is 46.3 Å². The predicted octanol–water partition coefficient (Wildman–Crippen LogP) is 7.37. The fourth-order valence-electron chi connectivity index (χ4n) is 4.86. The number of aryl methyl sites for hydroxylation is 1. The first-order valence-electron chi connectivity index (χ1n) is 13.8. The first-order chi connectivity index (χ1) is 21.2. The maximum atomic E-state index is 13.2. The van der Waals surface area contributed by atoms with E-state index < -0.39 is 29.6 Å². The van der Waals surface area contributed by atoms with Crippen LogP contribution in [0.4, 0.5) is 9.80 Å². The number of thiophene rings is 1. The van der Waals surface area contributed by atoms with Crippen molar-refractivity contribution in [2.24, 2.45) is 0 Å². The van der Waals surface area contributed by atoms with E-state index in [9.17, 15) is 19.2 Å². The number of amides is 3. The summed E-state index contributed by atoms with van der Waals surface area (Å²) < 4.78 is 16.6. The van der Waals surface area contributed by atoms with Crippen LogP contribution in [-0.4, -0.2) is 48.2 Å². The Hall–Kier alpha value is -3.51. The molecule has 5 rings (SSSR count). The topological polar surface area (TPSA) is 111 Å². The summed E-state index contributed by atoms with van der Waals surface area (Å²) >= 11 is 14.3. The molecule has 0 spiro atoms. The van der Waals surface area contributed by atoms with Crippen LogP contribution < -0.4 is 14.8 Å². The Kier molecular flexibility index (Phi) is 10.2. The number of imide groups is 1. The smallest absolute Gasteiger partial charge is 0.341 e. The van der Waals surface area contributed by atoms with E-state index in [1.54, 1.807) is 49.4 Å². The van der Waals surface area contributed by atoms with E-state index in [0.29, 0.717) is 37.7 Å². The summed E-state index contributed by atoms with van der Waals surface area (Å²) in [6.45, 7) is 1.62. The molecular weight excluding hydrogens is 647 g/mol. The molecule has 9 nitrogen and oxygen atoms in total. The quantitative estimate of drug-likeness (QED) is 0.175. The molecule has 2 aliphatic rings. The monoisotopic (exact) mass is 674 g/mol. The Balaban J connectivity index is 1.26. The van der Waals surface area contributed by atoms with Crippen LogP contribution in [-0.2, 0) is 33.8 Å². The molecule has 13 heteroatoms. The third-order valence-electron chi connectivity index (χ3n) is 6.96. The zero-order valence-corrected chi connectivity index (χ0v) is 27.0. The van der Waals surface area contributed by atoms with Gasteiger partial charge in [0.25, 0.3) is 11.1 Å². The van der Waals surface area contributed by atoms with Crippen molar-refractivity contribution in [3.63, 3.8) is 0 Å². The number of ether oxygens (including phenoxy) is 3. The van der Waals surface area contributed by atoms with Crippen molar-refractivity contribution in [2.45, 2.75) is 39.2 Å². The highest BCUT2D eigenvalue weighted by Gasteiger charge is 2.37. The summed E-state index contributed by atoms with van der Waals surface area (Å²) in [5.41, 5.74) is 2.61.